The first-order valence-electron chi connectivity index (χ1n) is 7.16. The monoisotopic (exact) mass is 273 g/mol. The van der Waals surface area contributed by atoms with Gasteiger partial charge in [0.2, 0.25) is 11.8 Å². The summed E-state index contributed by atoms with van der Waals surface area (Å²) in [6, 6.07) is 5.54. The molecule has 3 heterocycles. The molecular weight excluding hydrogens is 254 g/mol. The molecule has 1 aromatic rings. The summed E-state index contributed by atoms with van der Waals surface area (Å²) in [7, 11) is 0. The fourth-order valence-corrected chi connectivity index (χ4v) is 2.94. The van der Waals surface area contributed by atoms with Crippen molar-refractivity contribution >= 4 is 11.8 Å². The minimum atomic E-state index is -0.324. The molecule has 0 unspecified atom stereocenters. The lowest BCUT2D eigenvalue weighted by Gasteiger charge is -2.41. The van der Waals surface area contributed by atoms with Crippen molar-refractivity contribution in [1.82, 2.24) is 14.8 Å². The molecule has 2 saturated heterocycles. The Morgan fingerprint density at radius 2 is 2.20 bits per heavy atom. The highest BCUT2D eigenvalue weighted by atomic mass is 16.2. The summed E-state index contributed by atoms with van der Waals surface area (Å²) in [6.45, 7) is 3.97. The molecule has 1 aromatic heterocycles. The second-order valence-electron chi connectivity index (χ2n) is 5.56. The lowest BCUT2D eigenvalue weighted by Crippen LogP contribution is -2.55. The van der Waals surface area contributed by atoms with Crippen LogP contribution in [0.1, 0.15) is 31.4 Å². The van der Waals surface area contributed by atoms with Crippen LogP contribution in [-0.2, 0) is 9.59 Å². The van der Waals surface area contributed by atoms with E-state index in [-0.39, 0.29) is 17.9 Å². The van der Waals surface area contributed by atoms with E-state index in [4.69, 9.17) is 0 Å². The molecule has 106 valence electrons. The van der Waals surface area contributed by atoms with Crippen molar-refractivity contribution in [2.45, 2.75) is 31.7 Å². The van der Waals surface area contributed by atoms with Gasteiger partial charge in [0.25, 0.3) is 0 Å². The Hall–Kier alpha value is -1.91. The number of hydrogen-bond acceptors (Lipinski definition) is 3. The average Bonchev–Trinajstić information content (AvgIpc) is 2.83. The van der Waals surface area contributed by atoms with Gasteiger partial charge in [-0.15, -0.1) is 0 Å². The molecule has 0 saturated carbocycles. The predicted octanol–water partition coefficient (Wildman–Crippen LogP) is 1.02. The van der Waals surface area contributed by atoms with Gasteiger partial charge in [0.05, 0.1) is 0 Å². The zero-order valence-electron chi connectivity index (χ0n) is 11.7. The fourth-order valence-electron chi connectivity index (χ4n) is 2.94. The number of amides is 2. The molecule has 0 aliphatic carbocycles. The van der Waals surface area contributed by atoms with Gasteiger partial charge in [-0.1, -0.05) is 6.07 Å². The van der Waals surface area contributed by atoms with Crippen molar-refractivity contribution in [3.8, 4) is 0 Å². The van der Waals surface area contributed by atoms with Crippen molar-refractivity contribution in [3.63, 3.8) is 0 Å². The SMILES string of the molecule is C[C@H](C(=O)N1CC(c2ccccn2)C1)N1CCCC1=O. The Labute approximate surface area is 118 Å². The fraction of sp³-hybridized carbons (Fsp3) is 0.533. The number of pyridine rings is 1. The minimum absolute atomic E-state index is 0.0624. The first-order chi connectivity index (χ1) is 9.66. The van der Waals surface area contributed by atoms with Crippen LogP contribution in [0, 0.1) is 0 Å². The normalized spacial score (nSPS) is 20.9. The second-order valence-corrected chi connectivity index (χ2v) is 5.56. The van der Waals surface area contributed by atoms with Crippen molar-refractivity contribution in [2.24, 2.45) is 0 Å². The Bertz CT molecular complexity index is 511. The largest absolute Gasteiger partial charge is 0.339 e. The molecule has 2 amide bonds. The Morgan fingerprint density at radius 3 is 2.80 bits per heavy atom. The van der Waals surface area contributed by atoms with Gasteiger partial charge in [0.1, 0.15) is 6.04 Å². The van der Waals surface area contributed by atoms with Crippen molar-refractivity contribution in [3.05, 3.63) is 30.1 Å². The summed E-state index contributed by atoms with van der Waals surface area (Å²) in [6.07, 6.45) is 3.23. The summed E-state index contributed by atoms with van der Waals surface area (Å²) < 4.78 is 0. The molecular formula is C15H19N3O2. The van der Waals surface area contributed by atoms with E-state index in [9.17, 15) is 9.59 Å². The van der Waals surface area contributed by atoms with Gasteiger partial charge in [-0.2, -0.15) is 0 Å². The minimum Gasteiger partial charge on any atom is -0.339 e. The number of carbonyl (C=O) groups is 2. The summed E-state index contributed by atoms with van der Waals surface area (Å²) in [5, 5.41) is 0. The molecule has 5 heteroatoms. The predicted molar refractivity (Wildman–Crippen MR) is 74.0 cm³/mol. The number of likely N-dealkylation sites (tertiary alicyclic amines) is 2. The highest BCUT2D eigenvalue weighted by Gasteiger charge is 2.38. The third-order valence-corrected chi connectivity index (χ3v) is 4.23. The molecule has 2 aliphatic heterocycles. The van der Waals surface area contributed by atoms with E-state index < -0.39 is 0 Å². The molecule has 0 aromatic carbocycles. The maximum absolute atomic E-state index is 12.3. The molecule has 20 heavy (non-hydrogen) atoms. The van der Waals surface area contributed by atoms with Crippen LogP contribution in [0.2, 0.25) is 0 Å². The van der Waals surface area contributed by atoms with Gasteiger partial charge < -0.3 is 9.80 Å². The summed E-state index contributed by atoms with van der Waals surface area (Å²) >= 11 is 0. The average molecular weight is 273 g/mol. The molecule has 0 spiro atoms. The lowest BCUT2D eigenvalue weighted by molar-refractivity contribution is -0.146. The Kier molecular flexibility index (Phi) is 3.42. The van der Waals surface area contributed by atoms with Crippen molar-refractivity contribution < 1.29 is 9.59 Å². The van der Waals surface area contributed by atoms with E-state index in [1.54, 1.807) is 11.1 Å². The van der Waals surface area contributed by atoms with Crippen LogP contribution in [0.4, 0.5) is 0 Å². The molecule has 1 atom stereocenters. The van der Waals surface area contributed by atoms with Crippen LogP contribution in [-0.4, -0.2) is 52.3 Å². The van der Waals surface area contributed by atoms with Gasteiger partial charge in [-0.3, -0.25) is 14.6 Å². The second kappa shape index (κ2) is 5.23. The third-order valence-electron chi connectivity index (χ3n) is 4.23. The molecule has 2 fully saturated rings. The summed E-state index contributed by atoms with van der Waals surface area (Å²) in [4.78, 5) is 31.9. The zero-order valence-corrected chi connectivity index (χ0v) is 11.7. The summed E-state index contributed by atoms with van der Waals surface area (Å²) in [5.74, 6) is 0.502. The first-order valence-corrected chi connectivity index (χ1v) is 7.16. The van der Waals surface area contributed by atoms with Crippen LogP contribution in [0.25, 0.3) is 0 Å². The van der Waals surface area contributed by atoms with Crippen molar-refractivity contribution in [2.75, 3.05) is 19.6 Å². The number of rotatable bonds is 3. The van der Waals surface area contributed by atoms with Crippen LogP contribution in [0.15, 0.2) is 24.4 Å². The maximum atomic E-state index is 12.3. The maximum Gasteiger partial charge on any atom is 0.245 e. The van der Waals surface area contributed by atoms with Gasteiger partial charge in [0, 0.05) is 43.9 Å². The van der Waals surface area contributed by atoms with E-state index in [0.717, 1.165) is 12.1 Å². The molecule has 2 aliphatic rings. The third kappa shape index (κ3) is 2.28. The van der Waals surface area contributed by atoms with Gasteiger partial charge in [0.15, 0.2) is 0 Å². The van der Waals surface area contributed by atoms with E-state index in [2.05, 4.69) is 4.98 Å². The zero-order chi connectivity index (χ0) is 14.1. The highest BCUT2D eigenvalue weighted by molar-refractivity contribution is 5.88. The lowest BCUT2D eigenvalue weighted by atomic mass is 9.95. The molecule has 0 N–H and O–H groups in total. The van der Waals surface area contributed by atoms with Crippen LogP contribution in [0.3, 0.4) is 0 Å². The van der Waals surface area contributed by atoms with Crippen LogP contribution < -0.4 is 0 Å². The molecule has 5 nitrogen and oxygen atoms in total. The Balaban J connectivity index is 1.57. The molecule has 3 rings (SSSR count). The highest BCUT2D eigenvalue weighted by Crippen LogP contribution is 2.27. The first kappa shape index (κ1) is 13.1. The van der Waals surface area contributed by atoms with Gasteiger partial charge >= 0.3 is 0 Å². The number of hydrogen-bond donors (Lipinski definition) is 0. The van der Waals surface area contributed by atoms with E-state index in [1.165, 1.54) is 0 Å². The number of aromatic nitrogens is 1. The molecule has 0 bridgehead atoms. The van der Waals surface area contributed by atoms with E-state index in [0.29, 0.717) is 32.0 Å². The quantitative estimate of drug-likeness (QED) is 0.826. The van der Waals surface area contributed by atoms with Gasteiger partial charge in [-0.05, 0) is 25.5 Å². The topological polar surface area (TPSA) is 53.5 Å². The van der Waals surface area contributed by atoms with E-state index >= 15 is 0 Å². The van der Waals surface area contributed by atoms with Crippen molar-refractivity contribution in [1.29, 1.82) is 0 Å². The molecule has 0 radical (unpaired) electrons. The smallest absolute Gasteiger partial charge is 0.245 e. The summed E-state index contributed by atoms with van der Waals surface area (Å²) in [5.41, 5.74) is 1.04. The Morgan fingerprint density at radius 1 is 1.40 bits per heavy atom. The number of carbonyl (C=O) groups excluding carboxylic acids is 2. The van der Waals surface area contributed by atoms with E-state index in [1.807, 2.05) is 30.0 Å². The van der Waals surface area contributed by atoms with Gasteiger partial charge in [-0.25, -0.2) is 0 Å². The van der Waals surface area contributed by atoms with Crippen LogP contribution >= 0.6 is 0 Å². The standard InChI is InChI=1S/C15H19N3O2/c1-11(18-8-4-6-14(18)19)15(20)17-9-12(10-17)13-5-2-3-7-16-13/h2-3,5,7,11-12H,4,6,8-10H2,1H3/t11-/m1/s1. The number of nitrogens with zero attached hydrogens (tertiary/aromatic N) is 3. The van der Waals surface area contributed by atoms with Crippen LogP contribution in [0.5, 0.6) is 0 Å².